The van der Waals surface area contributed by atoms with Crippen LogP contribution in [0.4, 0.5) is 0 Å². The lowest BCUT2D eigenvalue weighted by Crippen LogP contribution is -2.55. The molecule has 2 N–H and O–H groups in total. The molecule has 0 bridgehead atoms. The molecule has 1 fully saturated rings. The summed E-state index contributed by atoms with van der Waals surface area (Å²) in [5, 5.41) is 0. The Balaban J connectivity index is 2.66. The summed E-state index contributed by atoms with van der Waals surface area (Å²) in [5.41, 5.74) is 5.97. The van der Waals surface area contributed by atoms with Crippen LogP contribution in [0.1, 0.15) is 33.6 Å². The third-order valence-corrected chi connectivity index (χ3v) is 3.89. The van der Waals surface area contributed by atoms with E-state index in [2.05, 4.69) is 32.7 Å². The first-order chi connectivity index (χ1) is 6.55. The smallest absolute Gasteiger partial charge is 0.0703 e. The van der Waals surface area contributed by atoms with Gasteiger partial charge in [0.25, 0.3) is 0 Å². The molecule has 0 radical (unpaired) electrons. The van der Waals surface area contributed by atoms with Gasteiger partial charge in [-0.15, -0.1) is 0 Å². The van der Waals surface area contributed by atoms with E-state index in [4.69, 9.17) is 10.5 Å². The van der Waals surface area contributed by atoms with Crippen LogP contribution in [0.25, 0.3) is 0 Å². The Hall–Kier alpha value is -0.120. The molecule has 1 aliphatic heterocycles. The van der Waals surface area contributed by atoms with E-state index in [-0.39, 0.29) is 5.54 Å². The second-order valence-corrected chi connectivity index (χ2v) is 4.60. The number of hydrogen-bond donors (Lipinski definition) is 1. The van der Waals surface area contributed by atoms with Crippen LogP contribution in [0, 0.1) is 0 Å². The zero-order chi connectivity index (χ0) is 10.8. The molecule has 3 heteroatoms. The van der Waals surface area contributed by atoms with Crippen molar-refractivity contribution in [1.82, 2.24) is 4.90 Å². The lowest BCUT2D eigenvalue weighted by molar-refractivity contribution is 0.0344. The van der Waals surface area contributed by atoms with Gasteiger partial charge in [0.15, 0.2) is 0 Å². The molecule has 0 aromatic heterocycles. The van der Waals surface area contributed by atoms with E-state index < -0.39 is 0 Å². The number of likely N-dealkylation sites (N-methyl/N-ethyl adjacent to an activating group) is 1. The Labute approximate surface area is 87.6 Å². The summed E-state index contributed by atoms with van der Waals surface area (Å²) in [5.74, 6) is 0. The molecule has 84 valence electrons. The molecule has 1 heterocycles. The highest BCUT2D eigenvalue weighted by Gasteiger charge is 2.36. The van der Waals surface area contributed by atoms with E-state index in [9.17, 15) is 0 Å². The Bertz CT molecular complexity index is 180. The minimum atomic E-state index is 0.118. The van der Waals surface area contributed by atoms with Gasteiger partial charge in [-0.2, -0.15) is 0 Å². The fourth-order valence-electron chi connectivity index (χ4n) is 2.17. The van der Waals surface area contributed by atoms with Crippen molar-refractivity contribution in [2.45, 2.75) is 51.3 Å². The third kappa shape index (κ3) is 2.10. The van der Waals surface area contributed by atoms with Gasteiger partial charge in [-0.3, -0.25) is 4.90 Å². The number of hydrogen-bond acceptors (Lipinski definition) is 3. The van der Waals surface area contributed by atoms with Crippen molar-refractivity contribution in [2.75, 3.05) is 20.2 Å². The molecular formula is C11H24N2O. The van der Waals surface area contributed by atoms with Crippen LogP contribution in [-0.4, -0.2) is 42.8 Å². The maximum absolute atomic E-state index is 5.85. The van der Waals surface area contributed by atoms with E-state index in [0.29, 0.717) is 18.7 Å². The van der Waals surface area contributed by atoms with Gasteiger partial charge < -0.3 is 10.5 Å². The van der Waals surface area contributed by atoms with Gasteiger partial charge in [0.2, 0.25) is 0 Å². The van der Waals surface area contributed by atoms with Crippen molar-refractivity contribution in [3.05, 3.63) is 0 Å². The van der Waals surface area contributed by atoms with Gasteiger partial charge in [0.05, 0.1) is 6.10 Å². The van der Waals surface area contributed by atoms with Gasteiger partial charge >= 0.3 is 0 Å². The van der Waals surface area contributed by atoms with E-state index in [1.165, 1.54) is 0 Å². The normalized spacial score (nSPS) is 32.1. The summed E-state index contributed by atoms with van der Waals surface area (Å²) in [6.45, 7) is 8.19. The molecule has 0 aromatic carbocycles. The van der Waals surface area contributed by atoms with Crippen LogP contribution in [0.15, 0.2) is 0 Å². The van der Waals surface area contributed by atoms with Crippen LogP contribution < -0.4 is 5.73 Å². The van der Waals surface area contributed by atoms with Crippen molar-refractivity contribution in [3.8, 4) is 0 Å². The van der Waals surface area contributed by atoms with Crippen LogP contribution in [0.2, 0.25) is 0 Å². The Kier molecular flexibility index (Phi) is 3.93. The first-order valence-electron chi connectivity index (χ1n) is 5.59. The summed E-state index contributed by atoms with van der Waals surface area (Å²) in [6, 6.07) is 0.531. The summed E-state index contributed by atoms with van der Waals surface area (Å²) >= 11 is 0. The molecule has 3 atom stereocenters. The molecule has 1 saturated heterocycles. The SMILES string of the molecule is CCC(C)(CN)N(C)C1CCOC1C. The number of ether oxygens (including phenoxy) is 1. The lowest BCUT2D eigenvalue weighted by atomic mass is 9.93. The van der Waals surface area contributed by atoms with E-state index in [0.717, 1.165) is 19.4 Å². The molecule has 0 spiro atoms. The second kappa shape index (κ2) is 4.60. The zero-order valence-corrected chi connectivity index (χ0v) is 9.92. The molecule has 14 heavy (non-hydrogen) atoms. The van der Waals surface area contributed by atoms with Gasteiger partial charge in [-0.05, 0) is 33.7 Å². The highest BCUT2D eigenvalue weighted by Crippen LogP contribution is 2.26. The van der Waals surface area contributed by atoms with Crippen LogP contribution in [0.5, 0.6) is 0 Å². The van der Waals surface area contributed by atoms with Crippen molar-refractivity contribution in [2.24, 2.45) is 5.73 Å². The zero-order valence-electron chi connectivity index (χ0n) is 9.92. The predicted octanol–water partition coefficient (Wildman–Crippen LogP) is 1.22. The number of rotatable bonds is 4. The molecule has 0 aliphatic carbocycles. The van der Waals surface area contributed by atoms with Crippen molar-refractivity contribution >= 4 is 0 Å². The van der Waals surface area contributed by atoms with E-state index in [1.807, 2.05) is 0 Å². The van der Waals surface area contributed by atoms with Crippen LogP contribution >= 0.6 is 0 Å². The quantitative estimate of drug-likeness (QED) is 0.741. The third-order valence-electron chi connectivity index (χ3n) is 3.89. The average molecular weight is 200 g/mol. The summed E-state index contributed by atoms with van der Waals surface area (Å²) in [7, 11) is 2.17. The number of nitrogens with zero attached hydrogens (tertiary/aromatic N) is 1. The average Bonchev–Trinajstić information content (AvgIpc) is 2.62. The second-order valence-electron chi connectivity index (χ2n) is 4.60. The fourth-order valence-corrected chi connectivity index (χ4v) is 2.17. The largest absolute Gasteiger partial charge is 0.377 e. The first-order valence-corrected chi connectivity index (χ1v) is 5.59. The minimum absolute atomic E-state index is 0.118. The highest BCUT2D eigenvalue weighted by atomic mass is 16.5. The van der Waals surface area contributed by atoms with Crippen molar-refractivity contribution < 1.29 is 4.74 Å². The molecule has 0 saturated carbocycles. The van der Waals surface area contributed by atoms with Crippen LogP contribution in [-0.2, 0) is 4.74 Å². The first kappa shape index (κ1) is 12.0. The molecule has 1 rings (SSSR count). The topological polar surface area (TPSA) is 38.5 Å². The van der Waals surface area contributed by atoms with Gasteiger partial charge in [0, 0.05) is 24.7 Å². The molecule has 3 unspecified atom stereocenters. The predicted molar refractivity (Wildman–Crippen MR) is 59.3 cm³/mol. The standard InChI is InChI=1S/C11H24N2O/c1-5-11(3,8-12)13(4)10-6-7-14-9(10)2/h9-10H,5-8,12H2,1-4H3. The summed E-state index contributed by atoms with van der Waals surface area (Å²) in [4.78, 5) is 2.41. The van der Waals surface area contributed by atoms with Crippen LogP contribution in [0.3, 0.4) is 0 Å². The summed E-state index contributed by atoms with van der Waals surface area (Å²) in [6.07, 6.45) is 2.56. The Morgan fingerprint density at radius 3 is 2.57 bits per heavy atom. The van der Waals surface area contributed by atoms with Gasteiger partial charge in [0.1, 0.15) is 0 Å². The molecule has 1 aliphatic rings. The highest BCUT2D eigenvalue weighted by molar-refractivity contribution is 4.92. The summed E-state index contributed by atoms with van der Waals surface area (Å²) < 4.78 is 5.59. The Morgan fingerprint density at radius 1 is 1.57 bits per heavy atom. The monoisotopic (exact) mass is 200 g/mol. The number of nitrogens with two attached hydrogens (primary N) is 1. The van der Waals surface area contributed by atoms with Crippen molar-refractivity contribution in [1.29, 1.82) is 0 Å². The Morgan fingerprint density at radius 2 is 2.21 bits per heavy atom. The van der Waals surface area contributed by atoms with E-state index in [1.54, 1.807) is 0 Å². The molecule has 0 amide bonds. The maximum atomic E-state index is 5.85. The van der Waals surface area contributed by atoms with E-state index >= 15 is 0 Å². The molecular weight excluding hydrogens is 176 g/mol. The molecule has 3 nitrogen and oxygen atoms in total. The fraction of sp³-hybridized carbons (Fsp3) is 1.00. The van der Waals surface area contributed by atoms with Gasteiger partial charge in [-0.25, -0.2) is 0 Å². The lowest BCUT2D eigenvalue weighted by Gasteiger charge is -2.42. The molecule has 0 aromatic rings. The minimum Gasteiger partial charge on any atom is -0.377 e. The maximum Gasteiger partial charge on any atom is 0.0703 e. The van der Waals surface area contributed by atoms with Gasteiger partial charge in [-0.1, -0.05) is 6.92 Å². The van der Waals surface area contributed by atoms with Crippen molar-refractivity contribution in [3.63, 3.8) is 0 Å².